The summed E-state index contributed by atoms with van der Waals surface area (Å²) in [5.41, 5.74) is 5.04. The number of allylic oxidation sites excluding steroid dienone is 2. The Kier molecular flexibility index (Phi) is 6.00. The number of piperazine rings is 1. The van der Waals surface area contributed by atoms with Gasteiger partial charge in [-0.3, -0.25) is 24.2 Å². The molecule has 5 atom stereocenters. The molecule has 0 saturated carbocycles. The van der Waals surface area contributed by atoms with Crippen LogP contribution < -0.4 is 10.1 Å². The highest BCUT2D eigenvalue weighted by Gasteiger charge is 2.57. The zero-order valence-electron chi connectivity index (χ0n) is 22.0. The van der Waals surface area contributed by atoms with Gasteiger partial charge in [-0.1, -0.05) is 6.07 Å². The number of aliphatic hydroxyl groups excluding tert-OH is 1. The molecule has 194 valence electrons. The van der Waals surface area contributed by atoms with E-state index < -0.39 is 23.7 Å². The van der Waals surface area contributed by atoms with Crippen molar-refractivity contribution in [2.75, 3.05) is 20.7 Å². The Balaban J connectivity index is 1.76. The predicted octanol–water partition coefficient (Wildman–Crippen LogP) is 1.97. The zero-order chi connectivity index (χ0) is 26.9. The van der Waals surface area contributed by atoms with Crippen molar-refractivity contribution in [3.63, 3.8) is 0 Å². The number of rotatable bonds is 3. The normalized spacial score (nSPS) is 29.4. The van der Waals surface area contributed by atoms with E-state index in [9.17, 15) is 24.8 Å². The fraction of sp³-hybridized carbons (Fsp3) is 0.500. The average molecular weight is 505 g/mol. The van der Waals surface area contributed by atoms with Gasteiger partial charge in [0.2, 0.25) is 17.5 Å². The number of aliphatic hydroxyl groups is 1. The number of carbonyl (C=O) groups excluding carboxylic acids is 3. The van der Waals surface area contributed by atoms with Crippen molar-refractivity contribution >= 4 is 17.5 Å². The number of amides is 1. The number of hydrogen-bond donors (Lipinski definition) is 2. The summed E-state index contributed by atoms with van der Waals surface area (Å²) in [4.78, 5) is 42.3. The zero-order valence-corrected chi connectivity index (χ0v) is 22.0. The number of methoxy groups -OCH3 is 1. The van der Waals surface area contributed by atoms with Crippen LogP contribution in [0.4, 0.5) is 0 Å². The summed E-state index contributed by atoms with van der Waals surface area (Å²) < 4.78 is 5.75. The van der Waals surface area contributed by atoms with Gasteiger partial charge in [0.15, 0.2) is 0 Å². The molecule has 1 unspecified atom stereocenters. The number of likely N-dealkylation sites (N-methyl/N-ethyl adjacent to an activating group) is 1. The molecule has 1 saturated heterocycles. The molecule has 2 N–H and O–H groups in total. The van der Waals surface area contributed by atoms with Gasteiger partial charge in [-0.2, -0.15) is 5.26 Å². The van der Waals surface area contributed by atoms with E-state index in [0.29, 0.717) is 18.4 Å². The maximum atomic E-state index is 13.3. The van der Waals surface area contributed by atoms with E-state index in [-0.39, 0.29) is 47.5 Å². The largest absolute Gasteiger partial charge is 0.507 e. The molecule has 1 aliphatic carbocycles. The number of Topliss-reactive ketones (excluding diaryl/α,β-unsaturated/α-hetero) is 2. The van der Waals surface area contributed by atoms with E-state index >= 15 is 0 Å². The molecule has 9 heteroatoms. The first-order valence-corrected chi connectivity index (χ1v) is 12.6. The lowest BCUT2D eigenvalue weighted by Gasteiger charge is -2.60. The predicted molar refractivity (Wildman–Crippen MR) is 135 cm³/mol. The van der Waals surface area contributed by atoms with Gasteiger partial charge in [-0.25, -0.2) is 0 Å². The summed E-state index contributed by atoms with van der Waals surface area (Å²) in [7, 11) is 3.68. The minimum absolute atomic E-state index is 0.0341. The Bertz CT molecular complexity index is 1350. The van der Waals surface area contributed by atoms with Gasteiger partial charge in [-0.15, -0.1) is 0 Å². The molecule has 0 spiro atoms. The molecule has 1 aromatic rings. The lowest BCUT2D eigenvalue weighted by Crippen LogP contribution is -2.71. The van der Waals surface area contributed by atoms with Crippen LogP contribution in [0.1, 0.15) is 48.6 Å². The minimum Gasteiger partial charge on any atom is -0.507 e. The molecule has 1 amide bonds. The van der Waals surface area contributed by atoms with Gasteiger partial charge < -0.3 is 15.2 Å². The van der Waals surface area contributed by atoms with Crippen LogP contribution in [0.25, 0.3) is 0 Å². The third kappa shape index (κ3) is 3.46. The Morgan fingerprint density at radius 3 is 2.54 bits per heavy atom. The van der Waals surface area contributed by atoms with E-state index in [1.807, 2.05) is 25.8 Å². The van der Waals surface area contributed by atoms with Crippen molar-refractivity contribution in [3.8, 4) is 11.8 Å². The van der Waals surface area contributed by atoms with Crippen LogP contribution in [0, 0.1) is 25.2 Å². The van der Waals surface area contributed by atoms with Gasteiger partial charge in [0.25, 0.3) is 0 Å². The van der Waals surface area contributed by atoms with E-state index in [1.54, 1.807) is 7.11 Å². The van der Waals surface area contributed by atoms with Crippen molar-refractivity contribution in [2.24, 2.45) is 0 Å². The monoisotopic (exact) mass is 504 g/mol. The Hall–Kier alpha value is -3.48. The van der Waals surface area contributed by atoms with Gasteiger partial charge in [0, 0.05) is 42.3 Å². The topological polar surface area (TPSA) is 123 Å². The fourth-order valence-electron chi connectivity index (χ4n) is 7.15. The number of fused-ring (bicyclic) bond motifs is 6. The smallest absolute Gasteiger partial charge is 0.232 e. The molecule has 5 rings (SSSR count). The summed E-state index contributed by atoms with van der Waals surface area (Å²) in [5.74, 6) is -1.04. The maximum absolute atomic E-state index is 13.3. The summed E-state index contributed by atoms with van der Waals surface area (Å²) in [6, 6.07) is 2.72. The number of nitrogens with zero attached hydrogens (tertiary/aromatic N) is 3. The van der Waals surface area contributed by atoms with Crippen molar-refractivity contribution in [1.82, 2.24) is 15.1 Å². The van der Waals surface area contributed by atoms with Crippen molar-refractivity contribution < 1.29 is 24.2 Å². The van der Waals surface area contributed by atoms with Crippen molar-refractivity contribution in [1.29, 1.82) is 5.26 Å². The second kappa shape index (κ2) is 8.82. The number of hydrogen-bond acceptors (Lipinski definition) is 8. The van der Waals surface area contributed by atoms with Crippen LogP contribution in [0.2, 0.25) is 0 Å². The molecule has 4 aliphatic rings. The van der Waals surface area contributed by atoms with Gasteiger partial charge in [0.05, 0.1) is 25.3 Å². The molecule has 0 aromatic heterocycles. The Morgan fingerprint density at radius 2 is 1.92 bits per heavy atom. The van der Waals surface area contributed by atoms with E-state index in [1.165, 1.54) is 19.4 Å². The van der Waals surface area contributed by atoms with Crippen molar-refractivity contribution in [3.05, 3.63) is 50.8 Å². The number of carbonyl (C=O) groups is 3. The SMILES string of the molecule is COc1c(C)cc2c(c1C)[C@@H]1C3CC4=C(C(=O)C(=O)C(C)=C4O)[C@H](CNC(C)=O)N3[C@@H](C#N)[C@H](C2)N1C. The maximum Gasteiger partial charge on any atom is 0.232 e. The molecule has 37 heavy (non-hydrogen) atoms. The van der Waals surface area contributed by atoms with Crippen LogP contribution in [0.15, 0.2) is 28.5 Å². The number of aryl methyl sites for hydroxylation is 1. The van der Waals surface area contributed by atoms with Crippen LogP contribution in [0.3, 0.4) is 0 Å². The highest BCUT2D eigenvalue weighted by molar-refractivity contribution is 6.50. The highest BCUT2D eigenvalue weighted by Crippen LogP contribution is 2.52. The third-order valence-corrected chi connectivity index (χ3v) is 8.70. The summed E-state index contributed by atoms with van der Waals surface area (Å²) in [6.45, 7) is 6.97. The number of ketones is 2. The molecule has 3 aliphatic heterocycles. The van der Waals surface area contributed by atoms with Gasteiger partial charge in [-0.05, 0) is 62.9 Å². The van der Waals surface area contributed by atoms with Crippen LogP contribution >= 0.6 is 0 Å². The first-order valence-electron chi connectivity index (χ1n) is 12.6. The van der Waals surface area contributed by atoms with E-state index in [2.05, 4.69) is 22.4 Å². The molecule has 0 radical (unpaired) electrons. The number of nitrogens with one attached hydrogen (secondary N) is 1. The molecule has 1 aromatic carbocycles. The minimum atomic E-state index is -0.744. The third-order valence-electron chi connectivity index (χ3n) is 8.70. The average Bonchev–Trinajstić information content (AvgIpc) is 2.85. The molecular weight excluding hydrogens is 472 g/mol. The van der Waals surface area contributed by atoms with E-state index in [0.717, 1.165) is 22.4 Å². The quantitative estimate of drug-likeness (QED) is 0.473. The lowest BCUT2D eigenvalue weighted by atomic mass is 9.69. The summed E-state index contributed by atoms with van der Waals surface area (Å²) in [5, 5.41) is 24.3. The van der Waals surface area contributed by atoms with Crippen molar-refractivity contribution in [2.45, 2.75) is 70.7 Å². The van der Waals surface area contributed by atoms with Gasteiger partial charge in [0.1, 0.15) is 17.6 Å². The number of ether oxygens (including phenoxy) is 1. The Labute approximate surface area is 216 Å². The molecule has 1 fully saturated rings. The number of benzene rings is 1. The van der Waals surface area contributed by atoms with Gasteiger partial charge >= 0.3 is 0 Å². The molecular formula is C28H32N4O5. The standard InChI is InChI=1S/C28H32N4O5/c1-12-7-16-8-18-20(10-29)32-19(24(31(18)5)22(16)13(2)28(12)37-6)9-17-23(21(32)11-30-15(4)33)27(36)26(35)14(3)25(17)34/h7,18-21,24,34H,8-9,11H2,1-6H3,(H,30,33)/t18-,19?,20-,21-,24-/m0/s1. The first kappa shape index (κ1) is 25.2. The molecule has 9 nitrogen and oxygen atoms in total. The summed E-state index contributed by atoms with van der Waals surface area (Å²) >= 11 is 0. The lowest BCUT2D eigenvalue weighted by molar-refractivity contribution is -0.134. The van der Waals surface area contributed by atoms with Crippen LogP contribution in [-0.4, -0.2) is 77.2 Å². The summed E-state index contributed by atoms with van der Waals surface area (Å²) in [6.07, 6.45) is 0.939. The molecule has 3 heterocycles. The number of nitriles is 1. The second-order valence-electron chi connectivity index (χ2n) is 10.6. The molecule has 2 bridgehead atoms. The fourth-order valence-corrected chi connectivity index (χ4v) is 7.15. The van der Waals surface area contributed by atoms with Crippen LogP contribution in [-0.2, 0) is 20.8 Å². The second-order valence-corrected chi connectivity index (χ2v) is 10.6. The van der Waals surface area contributed by atoms with E-state index in [4.69, 9.17) is 4.74 Å². The Morgan fingerprint density at radius 1 is 1.22 bits per heavy atom. The van der Waals surface area contributed by atoms with Crippen LogP contribution in [0.5, 0.6) is 5.75 Å². The first-order chi connectivity index (χ1) is 17.5. The highest BCUT2D eigenvalue weighted by atomic mass is 16.5.